The van der Waals surface area contributed by atoms with Crippen LogP contribution >= 0.6 is 23.4 Å². The van der Waals surface area contributed by atoms with Crippen molar-refractivity contribution in [2.75, 3.05) is 0 Å². The molecule has 2 aromatic rings. The Morgan fingerprint density at radius 1 is 1.11 bits per heavy atom. The number of halogens is 1. The first-order chi connectivity index (χ1) is 8.95. The minimum absolute atomic E-state index is 0.210. The average Bonchev–Trinajstić information content (AvgIpc) is 2.36. The van der Waals surface area contributed by atoms with Crippen LogP contribution in [0.3, 0.4) is 0 Å². The van der Waals surface area contributed by atoms with Crippen LogP contribution in [0.15, 0.2) is 47.5 Å². The third kappa shape index (κ3) is 4.26. The third-order valence-corrected chi connectivity index (χ3v) is 4.21. The zero-order chi connectivity index (χ0) is 13.9. The summed E-state index contributed by atoms with van der Waals surface area (Å²) in [5.41, 5.74) is 2.77. The highest BCUT2D eigenvalue weighted by Gasteiger charge is 2.12. The number of rotatable bonds is 3. The molecule has 0 atom stereocenters. The summed E-state index contributed by atoms with van der Waals surface area (Å²) in [5, 5.41) is 0.557. The van der Waals surface area contributed by atoms with Gasteiger partial charge in [-0.05, 0) is 40.8 Å². The molecule has 1 aromatic heterocycles. The molecule has 0 saturated heterocycles. The zero-order valence-corrected chi connectivity index (χ0v) is 13.1. The van der Waals surface area contributed by atoms with E-state index in [0.717, 1.165) is 5.75 Å². The number of aromatic nitrogens is 1. The van der Waals surface area contributed by atoms with Crippen LogP contribution in [0.5, 0.6) is 0 Å². The van der Waals surface area contributed by atoms with Crippen LogP contribution in [0, 0.1) is 0 Å². The summed E-state index contributed by atoms with van der Waals surface area (Å²) >= 11 is 7.69. The van der Waals surface area contributed by atoms with Crippen LogP contribution in [-0.2, 0) is 11.2 Å². The van der Waals surface area contributed by atoms with Gasteiger partial charge in [0.15, 0.2) is 0 Å². The Morgan fingerprint density at radius 2 is 1.79 bits per heavy atom. The number of thioether (sulfide) groups is 1. The smallest absolute Gasteiger partial charge is 0.129 e. The van der Waals surface area contributed by atoms with Crippen molar-refractivity contribution in [3.63, 3.8) is 0 Å². The molecule has 1 heterocycles. The maximum atomic E-state index is 5.88. The van der Waals surface area contributed by atoms with Gasteiger partial charge in [-0.1, -0.05) is 44.5 Å². The molecular weight excluding hydrogens is 274 g/mol. The lowest BCUT2D eigenvalue weighted by Crippen LogP contribution is -2.10. The van der Waals surface area contributed by atoms with Crippen molar-refractivity contribution < 1.29 is 0 Å². The standard InChI is InChI=1S/C16H18ClNS/c1-16(2,3)13-4-6-14(7-5-13)19-11-12-8-9-18-15(17)10-12/h4-10H,11H2,1-3H3. The van der Waals surface area contributed by atoms with Gasteiger partial charge in [0.25, 0.3) is 0 Å². The first kappa shape index (κ1) is 14.4. The van der Waals surface area contributed by atoms with E-state index in [9.17, 15) is 0 Å². The molecule has 0 spiro atoms. The van der Waals surface area contributed by atoms with Crippen LogP contribution < -0.4 is 0 Å². The van der Waals surface area contributed by atoms with Gasteiger partial charge in [-0.3, -0.25) is 0 Å². The second-order valence-electron chi connectivity index (χ2n) is 5.55. The number of pyridine rings is 1. The van der Waals surface area contributed by atoms with Gasteiger partial charge in [-0.15, -0.1) is 11.8 Å². The summed E-state index contributed by atoms with van der Waals surface area (Å²) in [6.07, 6.45) is 1.75. The lowest BCUT2D eigenvalue weighted by molar-refractivity contribution is 0.590. The summed E-state index contributed by atoms with van der Waals surface area (Å²) in [6.45, 7) is 6.69. The summed E-state index contributed by atoms with van der Waals surface area (Å²) < 4.78 is 0. The fourth-order valence-electron chi connectivity index (χ4n) is 1.75. The zero-order valence-electron chi connectivity index (χ0n) is 11.5. The van der Waals surface area contributed by atoms with Gasteiger partial charge in [-0.2, -0.15) is 0 Å². The van der Waals surface area contributed by atoms with Crippen LogP contribution in [0.2, 0.25) is 5.15 Å². The predicted molar refractivity (Wildman–Crippen MR) is 84.0 cm³/mol. The second-order valence-corrected chi connectivity index (χ2v) is 6.99. The van der Waals surface area contributed by atoms with E-state index in [4.69, 9.17) is 11.6 Å². The predicted octanol–water partition coefficient (Wildman–Crippen LogP) is 5.32. The maximum Gasteiger partial charge on any atom is 0.129 e. The van der Waals surface area contributed by atoms with E-state index in [0.29, 0.717) is 5.15 Å². The molecule has 0 bridgehead atoms. The summed E-state index contributed by atoms with van der Waals surface area (Å²) in [4.78, 5) is 5.27. The Kier molecular flexibility index (Phi) is 4.54. The molecule has 0 saturated carbocycles. The summed E-state index contributed by atoms with van der Waals surface area (Å²) in [7, 11) is 0. The van der Waals surface area contributed by atoms with Crippen LogP contribution in [0.4, 0.5) is 0 Å². The number of nitrogens with zero attached hydrogens (tertiary/aromatic N) is 1. The summed E-state index contributed by atoms with van der Waals surface area (Å²) in [6, 6.07) is 12.7. The molecule has 0 unspecified atom stereocenters. The van der Waals surface area contributed by atoms with Gasteiger partial charge in [0.05, 0.1) is 0 Å². The SMILES string of the molecule is CC(C)(C)c1ccc(SCc2ccnc(Cl)c2)cc1. The highest BCUT2D eigenvalue weighted by molar-refractivity contribution is 7.98. The van der Waals surface area contributed by atoms with E-state index in [2.05, 4.69) is 50.0 Å². The number of hydrogen-bond donors (Lipinski definition) is 0. The van der Waals surface area contributed by atoms with Gasteiger partial charge < -0.3 is 0 Å². The van der Waals surface area contributed by atoms with Crippen molar-refractivity contribution in [1.29, 1.82) is 0 Å². The Balaban J connectivity index is 2.01. The minimum atomic E-state index is 0.210. The lowest BCUT2D eigenvalue weighted by atomic mass is 9.87. The van der Waals surface area contributed by atoms with E-state index in [1.807, 2.05) is 23.9 Å². The molecule has 0 N–H and O–H groups in total. The van der Waals surface area contributed by atoms with Crippen molar-refractivity contribution >= 4 is 23.4 Å². The van der Waals surface area contributed by atoms with Crippen molar-refractivity contribution in [2.45, 2.75) is 36.8 Å². The molecule has 1 aromatic carbocycles. The molecular formula is C16H18ClNS. The number of hydrogen-bond acceptors (Lipinski definition) is 2. The second kappa shape index (κ2) is 5.98. The maximum absolute atomic E-state index is 5.88. The number of benzene rings is 1. The lowest BCUT2D eigenvalue weighted by Gasteiger charge is -2.19. The molecule has 19 heavy (non-hydrogen) atoms. The molecule has 1 nitrogen and oxygen atoms in total. The first-order valence-electron chi connectivity index (χ1n) is 6.29. The molecule has 0 aliphatic carbocycles. The molecule has 2 rings (SSSR count). The van der Waals surface area contributed by atoms with Crippen molar-refractivity contribution in [3.8, 4) is 0 Å². The first-order valence-corrected chi connectivity index (χ1v) is 7.65. The normalized spacial score (nSPS) is 11.6. The van der Waals surface area contributed by atoms with Gasteiger partial charge in [-0.25, -0.2) is 4.98 Å². The quantitative estimate of drug-likeness (QED) is 0.560. The van der Waals surface area contributed by atoms with Gasteiger partial charge >= 0.3 is 0 Å². The largest absolute Gasteiger partial charge is 0.245 e. The van der Waals surface area contributed by atoms with Crippen molar-refractivity contribution in [2.24, 2.45) is 0 Å². The molecule has 0 amide bonds. The average molecular weight is 292 g/mol. The Hall–Kier alpha value is -0.990. The summed E-state index contributed by atoms with van der Waals surface area (Å²) in [5.74, 6) is 0.914. The molecule has 0 radical (unpaired) electrons. The monoisotopic (exact) mass is 291 g/mol. The topological polar surface area (TPSA) is 12.9 Å². The van der Waals surface area contributed by atoms with Gasteiger partial charge in [0.1, 0.15) is 5.15 Å². The van der Waals surface area contributed by atoms with E-state index >= 15 is 0 Å². The Morgan fingerprint density at radius 3 is 2.37 bits per heavy atom. The van der Waals surface area contributed by atoms with Crippen LogP contribution in [-0.4, -0.2) is 4.98 Å². The fourth-order valence-corrected chi connectivity index (χ4v) is 2.79. The fraction of sp³-hybridized carbons (Fsp3) is 0.312. The molecule has 0 aliphatic heterocycles. The highest BCUT2D eigenvalue weighted by atomic mass is 35.5. The van der Waals surface area contributed by atoms with Crippen molar-refractivity contribution in [1.82, 2.24) is 4.98 Å². The van der Waals surface area contributed by atoms with E-state index in [1.54, 1.807) is 6.20 Å². The van der Waals surface area contributed by atoms with Crippen molar-refractivity contribution in [3.05, 3.63) is 58.9 Å². The highest BCUT2D eigenvalue weighted by Crippen LogP contribution is 2.27. The van der Waals surface area contributed by atoms with Gasteiger partial charge in [0, 0.05) is 16.8 Å². The Labute approximate surface area is 124 Å². The molecule has 100 valence electrons. The minimum Gasteiger partial charge on any atom is -0.245 e. The molecule has 0 fully saturated rings. The van der Waals surface area contributed by atoms with E-state index in [-0.39, 0.29) is 5.41 Å². The molecule has 3 heteroatoms. The Bertz CT molecular complexity index is 543. The molecule has 0 aliphatic rings. The van der Waals surface area contributed by atoms with E-state index < -0.39 is 0 Å². The van der Waals surface area contributed by atoms with Gasteiger partial charge in [0.2, 0.25) is 0 Å². The third-order valence-electron chi connectivity index (χ3n) is 2.92. The van der Waals surface area contributed by atoms with Crippen LogP contribution in [0.1, 0.15) is 31.9 Å². The van der Waals surface area contributed by atoms with E-state index in [1.165, 1.54) is 16.0 Å². The van der Waals surface area contributed by atoms with Crippen LogP contribution in [0.25, 0.3) is 0 Å².